The minimum atomic E-state index is -0.827. The monoisotopic (exact) mass is 285 g/mol. The molecule has 2 fully saturated rings. The molecule has 0 spiro atoms. The van der Waals surface area contributed by atoms with Gasteiger partial charge in [-0.3, -0.25) is 9.69 Å². The molecular weight excluding hydrogens is 262 g/mol. The fourth-order valence-corrected chi connectivity index (χ4v) is 2.33. The van der Waals surface area contributed by atoms with Gasteiger partial charge in [0.1, 0.15) is 0 Å². The van der Waals surface area contributed by atoms with Crippen LogP contribution >= 0.6 is 0 Å². The SMILES string of the molecule is CCN1CCOC(CNC(=O)NCC2(C(=O)O)CC2)C1. The van der Waals surface area contributed by atoms with E-state index in [1.54, 1.807) is 0 Å². The molecule has 7 heteroatoms. The third-order valence-corrected chi connectivity index (χ3v) is 4.05. The molecule has 20 heavy (non-hydrogen) atoms. The van der Waals surface area contributed by atoms with E-state index < -0.39 is 11.4 Å². The summed E-state index contributed by atoms with van der Waals surface area (Å²) in [6, 6.07) is -0.324. The highest BCUT2D eigenvalue weighted by atomic mass is 16.5. The summed E-state index contributed by atoms with van der Waals surface area (Å²) >= 11 is 0. The minimum absolute atomic E-state index is 0.00353. The van der Waals surface area contributed by atoms with E-state index in [0.717, 1.165) is 19.6 Å². The number of hydrogen-bond donors (Lipinski definition) is 3. The molecule has 2 aliphatic rings. The van der Waals surface area contributed by atoms with E-state index >= 15 is 0 Å². The normalized spacial score (nSPS) is 24.9. The quantitative estimate of drug-likeness (QED) is 0.632. The van der Waals surface area contributed by atoms with Gasteiger partial charge in [-0.2, -0.15) is 0 Å². The maximum Gasteiger partial charge on any atom is 0.314 e. The number of carbonyl (C=O) groups excluding carboxylic acids is 1. The van der Waals surface area contributed by atoms with Crippen molar-refractivity contribution in [3.63, 3.8) is 0 Å². The third-order valence-electron chi connectivity index (χ3n) is 4.05. The number of rotatable bonds is 6. The zero-order valence-corrected chi connectivity index (χ0v) is 11.9. The molecule has 0 aromatic rings. The lowest BCUT2D eigenvalue weighted by Crippen LogP contribution is -2.49. The van der Waals surface area contributed by atoms with Crippen LogP contribution in [0.5, 0.6) is 0 Å². The molecular formula is C13H23N3O4. The van der Waals surface area contributed by atoms with Gasteiger partial charge in [0.05, 0.1) is 18.1 Å². The van der Waals surface area contributed by atoms with E-state index in [-0.39, 0.29) is 18.7 Å². The lowest BCUT2D eigenvalue weighted by molar-refractivity contribution is -0.143. The van der Waals surface area contributed by atoms with Crippen molar-refractivity contribution in [3.05, 3.63) is 0 Å². The van der Waals surface area contributed by atoms with Crippen LogP contribution in [0.25, 0.3) is 0 Å². The van der Waals surface area contributed by atoms with Crippen LogP contribution in [0, 0.1) is 5.41 Å². The fourth-order valence-electron chi connectivity index (χ4n) is 2.33. The summed E-state index contributed by atoms with van der Waals surface area (Å²) < 4.78 is 5.58. The number of carboxylic acids is 1. The van der Waals surface area contributed by atoms with E-state index in [9.17, 15) is 9.59 Å². The molecule has 1 saturated heterocycles. The summed E-state index contributed by atoms with van der Waals surface area (Å²) in [4.78, 5) is 24.9. The van der Waals surface area contributed by atoms with Crippen molar-refractivity contribution in [2.24, 2.45) is 5.41 Å². The van der Waals surface area contributed by atoms with Gasteiger partial charge in [-0.15, -0.1) is 0 Å². The smallest absolute Gasteiger partial charge is 0.314 e. The van der Waals surface area contributed by atoms with Crippen molar-refractivity contribution in [2.75, 3.05) is 39.3 Å². The number of nitrogens with one attached hydrogen (secondary N) is 2. The van der Waals surface area contributed by atoms with Crippen LogP contribution in [0.4, 0.5) is 4.79 Å². The van der Waals surface area contributed by atoms with Gasteiger partial charge < -0.3 is 20.5 Å². The van der Waals surface area contributed by atoms with Gasteiger partial charge in [-0.1, -0.05) is 6.92 Å². The van der Waals surface area contributed by atoms with Crippen molar-refractivity contribution >= 4 is 12.0 Å². The largest absolute Gasteiger partial charge is 0.481 e. The second-order valence-corrected chi connectivity index (χ2v) is 5.54. The molecule has 3 N–H and O–H groups in total. The molecule has 0 aromatic heterocycles. The summed E-state index contributed by atoms with van der Waals surface area (Å²) in [6.07, 6.45) is 1.28. The summed E-state index contributed by atoms with van der Waals surface area (Å²) in [7, 11) is 0. The number of hydrogen-bond acceptors (Lipinski definition) is 4. The molecule has 0 aromatic carbocycles. The van der Waals surface area contributed by atoms with E-state index in [2.05, 4.69) is 22.5 Å². The van der Waals surface area contributed by atoms with Crippen LogP contribution < -0.4 is 10.6 Å². The highest BCUT2D eigenvalue weighted by molar-refractivity contribution is 5.80. The summed E-state index contributed by atoms with van der Waals surface area (Å²) in [5, 5.41) is 14.4. The maximum atomic E-state index is 11.6. The van der Waals surface area contributed by atoms with Gasteiger partial charge in [-0.25, -0.2) is 4.79 Å². The summed E-state index contributed by atoms with van der Waals surface area (Å²) in [5.41, 5.74) is -0.725. The van der Waals surface area contributed by atoms with E-state index in [1.807, 2.05) is 0 Å². The zero-order valence-electron chi connectivity index (χ0n) is 11.9. The van der Waals surface area contributed by atoms with Crippen molar-refractivity contribution in [2.45, 2.75) is 25.9 Å². The third kappa shape index (κ3) is 3.83. The van der Waals surface area contributed by atoms with E-state index in [4.69, 9.17) is 9.84 Å². The van der Waals surface area contributed by atoms with Crippen LogP contribution in [0.15, 0.2) is 0 Å². The first kappa shape index (κ1) is 15.1. The molecule has 1 atom stereocenters. The predicted octanol–water partition coefficient (Wildman–Crippen LogP) is -0.129. The zero-order chi connectivity index (χ0) is 14.6. The number of morpholine rings is 1. The van der Waals surface area contributed by atoms with Gasteiger partial charge in [0.15, 0.2) is 0 Å². The summed E-state index contributed by atoms with van der Waals surface area (Å²) in [5.74, 6) is -0.827. The molecule has 2 amide bonds. The van der Waals surface area contributed by atoms with E-state index in [1.165, 1.54) is 0 Å². The highest BCUT2D eigenvalue weighted by Crippen LogP contribution is 2.45. The Bertz CT molecular complexity index is 371. The number of carbonyl (C=O) groups is 2. The Balaban J connectivity index is 1.64. The van der Waals surface area contributed by atoms with Crippen LogP contribution in [0.2, 0.25) is 0 Å². The Hall–Kier alpha value is -1.34. The average molecular weight is 285 g/mol. The first-order valence-corrected chi connectivity index (χ1v) is 7.15. The Morgan fingerprint density at radius 3 is 2.75 bits per heavy atom. The minimum Gasteiger partial charge on any atom is -0.481 e. The van der Waals surface area contributed by atoms with Crippen molar-refractivity contribution in [3.8, 4) is 0 Å². The Morgan fingerprint density at radius 2 is 2.15 bits per heavy atom. The molecule has 1 heterocycles. The Kier molecular flexibility index (Phi) is 4.82. The Morgan fingerprint density at radius 1 is 1.40 bits per heavy atom. The topological polar surface area (TPSA) is 90.9 Å². The molecule has 7 nitrogen and oxygen atoms in total. The first-order valence-electron chi connectivity index (χ1n) is 7.15. The maximum absolute atomic E-state index is 11.6. The van der Waals surface area contributed by atoms with Crippen LogP contribution in [-0.2, 0) is 9.53 Å². The number of urea groups is 1. The number of carboxylic acid groups (broad SMARTS) is 1. The van der Waals surface area contributed by atoms with Crippen molar-refractivity contribution in [1.29, 1.82) is 0 Å². The van der Waals surface area contributed by atoms with Gasteiger partial charge in [0.2, 0.25) is 0 Å². The lowest BCUT2D eigenvalue weighted by atomic mass is 10.1. The first-order chi connectivity index (χ1) is 9.55. The van der Waals surface area contributed by atoms with Gasteiger partial charge in [0.25, 0.3) is 0 Å². The molecule has 1 unspecified atom stereocenters. The van der Waals surface area contributed by atoms with Crippen LogP contribution in [0.1, 0.15) is 19.8 Å². The number of nitrogens with zero attached hydrogens (tertiary/aromatic N) is 1. The predicted molar refractivity (Wildman–Crippen MR) is 72.6 cm³/mol. The highest BCUT2D eigenvalue weighted by Gasteiger charge is 2.50. The molecule has 0 radical (unpaired) electrons. The summed E-state index contributed by atoms with van der Waals surface area (Å²) in [6.45, 7) is 6.15. The standard InChI is InChI=1S/C13H23N3O4/c1-2-16-5-6-20-10(8-16)7-14-12(19)15-9-13(3-4-13)11(17)18/h10H,2-9H2,1H3,(H,17,18)(H2,14,15,19). The average Bonchev–Trinajstić information content (AvgIpc) is 3.24. The van der Waals surface area contributed by atoms with Crippen molar-refractivity contribution < 1.29 is 19.4 Å². The number of ether oxygens (including phenoxy) is 1. The molecule has 2 rings (SSSR count). The van der Waals surface area contributed by atoms with Crippen molar-refractivity contribution in [1.82, 2.24) is 15.5 Å². The fraction of sp³-hybridized carbons (Fsp3) is 0.846. The molecule has 0 bridgehead atoms. The van der Waals surface area contributed by atoms with Crippen LogP contribution in [-0.4, -0.2) is 67.4 Å². The number of amides is 2. The molecule has 1 saturated carbocycles. The van der Waals surface area contributed by atoms with Crippen LogP contribution in [0.3, 0.4) is 0 Å². The second kappa shape index (κ2) is 6.41. The Labute approximate surface area is 118 Å². The molecule has 1 aliphatic heterocycles. The van der Waals surface area contributed by atoms with Gasteiger partial charge >= 0.3 is 12.0 Å². The second-order valence-electron chi connectivity index (χ2n) is 5.54. The molecule has 1 aliphatic carbocycles. The molecule has 114 valence electrons. The van der Waals surface area contributed by atoms with E-state index in [0.29, 0.717) is 26.0 Å². The number of aliphatic carboxylic acids is 1. The van der Waals surface area contributed by atoms with Gasteiger partial charge in [-0.05, 0) is 19.4 Å². The van der Waals surface area contributed by atoms with Gasteiger partial charge in [0, 0.05) is 26.2 Å². The lowest BCUT2D eigenvalue weighted by Gasteiger charge is -2.32. The number of likely N-dealkylation sites (N-methyl/N-ethyl adjacent to an activating group) is 1.